The number of nitrogens with zero attached hydrogens (tertiary/aromatic N) is 3. The molecule has 1 aliphatic rings. The predicted octanol–water partition coefficient (Wildman–Crippen LogP) is 0.565. The molecule has 28 heavy (non-hydrogen) atoms. The van der Waals surface area contributed by atoms with Crippen molar-refractivity contribution in [1.29, 1.82) is 0 Å². The van der Waals surface area contributed by atoms with Crippen LogP contribution in [0.25, 0.3) is 0 Å². The van der Waals surface area contributed by atoms with Crippen LogP contribution in [-0.4, -0.2) is 56.7 Å². The molecule has 11 heteroatoms. The molecule has 3 N–H and O–H groups in total. The molecule has 0 bridgehead atoms. The van der Waals surface area contributed by atoms with E-state index < -0.39 is 21.6 Å². The zero-order chi connectivity index (χ0) is 20.5. The van der Waals surface area contributed by atoms with Gasteiger partial charge in [0, 0.05) is 12.7 Å². The molecular weight excluding hydrogens is 389 g/mol. The molecule has 1 atom stereocenters. The number of aromatic nitrogens is 2. The second-order valence-corrected chi connectivity index (χ2v) is 8.21. The summed E-state index contributed by atoms with van der Waals surface area (Å²) in [5.74, 6) is -1.40. The van der Waals surface area contributed by atoms with Crippen LogP contribution in [-0.2, 0) is 10.0 Å². The molecule has 1 fully saturated rings. The summed E-state index contributed by atoms with van der Waals surface area (Å²) in [5, 5.41) is 3.08. The van der Waals surface area contributed by atoms with Crippen molar-refractivity contribution in [3.8, 4) is 5.75 Å². The second-order valence-electron chi connectivity index (χ2n) is 6.35. The molecule has 9 nitrogen and oxygen atoms in total. The standard InChI is InChI=1S/C17H20FN5O4S/c1-27-14-4-3-10(18)7-12(14)15(24)13-9-21-17(22-16(13)19)23(28(2,25)26)11-5-6-20-8-11/h3-4,7,9,11,20H,5-6,8H2,1-2H3,(H2,19,21,22)/t11-/m1/s1. The van der Waals surface area contributed by atoms with E-state index in [0.29, 0.717) is 19.5 Å². The third-order valence-corrected chi connectivity index (χ3v) is 5.55. The molecule has 2 heterocycles. The number of carbonyl (C=O) groups is 1. The smallest absolute Gasteiger partial charge is 0.241 e. The molecule has 2 aromatic rings. The minimum atomic E-state index is -3.66. The lowest BCUT2D eigenvalue weighted by molar-refractivity contribution is 0.103. The third kappa shape index (κ3) is 3.90. The number of nitrogens with one attached hydrogen (secondary N) is 1. The van der Waals surface area contributed by atoms with Gasteiger partial charge in [-0.25, -0.2) is 22.1 Å². The summed E-state index contributed by atoms with van der Waals surface area (Å²) in [6, 6.07) is 3.17. The fourth-order valence-corrected chi connectivity index (χ4v) is 4.20. The van der Waals surface area contributed by atoms with Gasteiger partial charge in [0.15, 0.2) is 0 Å². The van der Waals surface area contributed by atoms with Crippen LogP contribution in [0.4, 0.5) is 16.2 Å². The van der Waals surface area contributed by atoms with E-state index in [9.17, 15) is 17.6 Å². The summed E-state index contributed by atoms with van der Waals surface area (Å²) in [7, 11) is -2.31. The lowest BCUT2D eigenvalue weighted by Crippen LogP contribution is -2.42. The summed E-state index contributed by atoms with van der Waals surface area (Å²) in [6.07, 6.45) is 2.80. The highest BCUT2D eigenvalue weighted by Gasteiger charge is 2.32. The van der Waals surface area contributed by atoms with Gasteiger partial charge in [0.25, 0.3) is 0 Å². The first-order chi connectivity index (χ1) is 13.2. The summed E-state index contributed by atoms with van der Waals surface area (Å²) in [5.41, 5.74) is 5.81. The number of nitrogens with two attached hydrogens (primary N) is 1. The van der Waals surface area contributed by atoms with E-state index in [1.165, 1.54) is 13.2 Å². The van der Waals surface area contributed by atoms with Crippen molar-refractivity contribution in [2.24, 2.45) is 0 Å². The van der Waals surface area contributed by atoms with Gasteiger partial charge in [-0.1, -0.05) is 0 Å². The molecule has 1 aromatic carbocycles. The summed E-state index contributed by atoms with van der Waals surface area (Å²) < 4.78 is 44.3. The Morgan fingerprint density at radius 1 is 1.39 bits per heavy atom. The van der Waals surface area contributed by atoms with Gasteiger partial charge in [0.2, 0.25) is 21.8 Å². The van der Waals surface area contributed by atoms with Gasteiger partial charge in [-0.2, -0.15) is 4.98 Å². The molecule has 3 rings (SSSR count). The predicted molar refractivity (Wildman–Crippen MR) is 101 cm³/mol. The van der Waals surface area contributed by atoms with Crippen molar-refractivity contribution in [3.05, 3.63) is 41.3 Å². The average molecular weight is 409 g/mol. The minimum absolute atomic E-state index is 0.0366. The van der Waals surface area contributed by atoms with Crippen LogP contribution in [0.15, 0.2) is 24.4 Å². The fourth-order valence-electron chi connectivity index (χ4n) is 3.09. The lowest BCUT2D eigenvalue weighted by atomic mass is 10.0. The number of nitrogen functional groups attached to an aromatic ring is 1. The number of ether oxygens (including phenoxy) is 1. The molecule has 150 valence electrons. The fraction of sp³-hybridized carbons (Fsp3) is 0.353. The zero-order valence-electron chi connectivity index (χ0n) is 15.3. The van der Waals surface area contributed by atoms with Crippen LogP contribution in [0.1, 0.15) is 22.3 Å². The van der Waals surface area contributed by atoms with Gasteiger partial charge in [0.1, 0.15) is 17.4 Å². The van der Waals surface area contributed by atoms with Crippen LogP contribution in [0.2, 0.25) is 0 Å². The van der Waals surface area contributed by atoms with Crippen molar-refractivity contribution in [3.63, 3.8) is 0 Å². The van der Waals surface area contributed by atoms with E-state index in [0.717, 1.165) is 28.9 Å². The molecular formula is C17H20FN5O4S. The maximum Gasteiger partial charge on any atom is 0.241 e. The SMILES string of the molecule is COc1ccc(F)cc1C(=O)c1cnc(N([C@@H]2CCNC2)S(C)(=O)=O)nc1N. The van der Waals surface area contributed by atoms with Crippen LogP contribution in [0.5, 0.6) is 5.75 Å². The van der Waals surface area contributed by atoms with Gasteiger partial charge in [-0.05, 0) is 31.2 Å². The number of hydrogen-bond donors (Lipinski definition) is 2. The lowest BCUT2D eigenvalue weighted by Gasteiger charge is -2.26. The topological polar surface area (TPSA) is 128 Å². The number of rotatable bonds is 6. The Bertz CT molecular complexity index is 1010. The normalized spacial score (nSPS) is 16.8. The average Bonchev–Trinajstić information content (AvgIpc) is 3.14. The quantitative estimate of drug-likeness (QED) is 0.663. The molecule has 0 radical (unpaired) electrons. The van der Waals surface area contributed by atoms with E-state index >= 15 is 0 Å². The number of methoxy groups -OCH3 is 1. The van der Waals surface area contributed by atoms with Gasteiger partial charge in [-0.15, -0.1) is 0 Å². The molecule has 1 aliphatic heterocycles. The van der Waals surface area contributed by atoms with E-state index in [1.54, 1.807) is 0 Å². The minimum Gasteiger partial charge on any atom is -0.496 e. The summed E-state index contributed by atoms with van der Waals surface area (Å²) in [6.45, 7) is 1.12. The van der Waals surface area contributed by atoms with E-state index in [2.05, 4.69) is 15.3 Å². The van der Waals surface area contributed by atoms with E-state index in [-0.39, 0.29) is 34.7 Å². The van der Waals surface area contributed by atoms with E-state index in [1.807, 2.05) is 0 Å². The molecule has 0 saturated carbocycles. The number of carbonyl (C=O) groups excluding carboxylic acids is 1. The number of ketones is 1. The Morgan fingerprint density at radius 3 is 2.71 bits per heavy atom. The molecule has 0 amide bonds. The number of halogens is 1. The Morgan fingerprint density at radius 2 is 2.14 bits per heavy atom. The number of anilines is 2. The number of hydrogen-bond acceptors (Lipinski definition) is 8. The maximum absolute atomic E-state index is 13.6. The maximum atomic E-state index is 13.6. The monoisotopic (exact) mass is 409 g/mol. The molecule has 1 saturated heterocycles. The van der Waals surface area contributed by atoms with Crippen molar-refractivity contribution >= 4 is 27.6 Å². The Hall–Kier alpha value is -2.79. The first-order valence-corrected chi connectivity index (χ1v) is 10.3. The summed E-state index contributed by atoms with van der Waals surface area (Å²) in [4.78, 5) is 20.9. The highest BCUT2D eigenvalue weighted by Crippen LogP contribution is 2.26. The van der Waals surface area contributed by atoms with Crippen molar-refractivity contribution in [2.45, 2.75) is 12.5 Å². The molecule has 0 aliphatic carbocycles. The van der Waals surface area contributed by atoms with Crippen LogP contribution in [0, 0.1) is 5.82 Å². The van der Waals surface area contributed by atoms with Crippen molar-refractivity contribution < 1.29 is 22.3 Å². The number of benzene rings is 1. The first-order valence-electron chi connectivity index (χ1n) is 8.43. The van der Waals surface area contributed by atoms with Gasteiger partial charge in [0.05, 0.1) is 30.5 Å². The Balaban J connectivity index is 2.00. The molecule has 0 unspecified atom stereocenters. The van der Waals surface area contributed by atoms with Crippen LogP contribution in [0.3, 0.4) is 0 Å². The third-order valence-electron chi connectivity index (χ3n) is 4.38. The highest BCUT2D eigenvalue weighted by molar-refractivity contribution is 7.92. The van der Waals surface area contributed by atoms with Gasteiger partial charge >= 0.3 is 0 Å². The number of sulfonamides is 1. The summed E-state index contributed by atoms with van der Waals surface area (Å²) >= 11 is 0. The highest BCUT2D eigenvalue weighted by atomic mass is 32.2. The van der Waals surface area contributed by atoms with E-state index in [4.69, 9.17) is 10.5 Å². The van der Waals surface area contributed by atoms with Gasteiger partial charge in [-0.3, -0.25) is 4.79 Å². The first kappa shape index (κ1) is 20.0. The largest absolute Gasteiger partial charge is 0.496 e. The molecule has 0 spiro atoms. The van der Waals surface area contributed by atoms with Crippen LogP contribution < -0.4 is 20.1 Å². The molecule has 1 aromatic heterocycles. The second kappa shape index (κ2) is 7.68. The Kier molecular flexibility index (Phi) is 5.47. The van der Waals surface area contributed by atoms with Crippen LogP contribution >= 0.6 is 0 Å². The van der Waals surface area contributed by atoms with Gasteiger partial charge < -0.3 is 15.8 Å². The Labute approximate surface area is 161 Å². The zero-order valence-corrected chi connectivity index (χ0v) is 16.2. The van der Waals surface area contributed by atoms with Crippen molar-refractivity contribution in [2.75, 3.05) is 36.5 Å². The van der Waals surface area contributed by atoms with Crippen molar-refractivity contribution in [1.82, 2.24) is 15.3 Å².